The molecule has 0 bridgehead atoms. The normalized spacial score (nSPS) is 13.1. The summed E-state index contributed by atoms with van der Waals surface area (Å²) >= 11 is 0. The molecule has 0 aliphatic heterocycles. The van der Waals surface area contributed by atoms with Crippen LogP contribution in [0.2, 0.25) is 0 Å². The van der Waals surface area contributed by atoms with Gasteiger partial charge in [-0.05, 0) is 70.3 Å². The summed E-state index contributed by atoms with van der Waals surface area (Å²) in [6.45, 7) is 4.64. The fourth-order valence-corrected chi connectivity index (χ4v) is 9.39. The molecular formula is C54H36N4O. The van der Waals surface area contributed by atoms with E-state index in [0.717, 1.165) is 77.2 Å². The first kappa shape index (κ1) is 33.5. The van der Waals surface area contributed by atoms with E-state index < -0.39 is 0 Å². The van der Waals surface area contributed by atoms with Crippen LogP contribution in [0.5, 0.6) is 0 Å². The van der Waals surface area contributed by atoms with Crippen LogP contribution < -0.4 is 0 Å². The fourth-order valence-electron chi connectivity index (χ4n) is 9.39. The Morgan fingerprint density at radius 3 is 1.71 bits per heavy atom. The highest BCUT2D eigenvalue weighted by Crippen LogP contribution is 2.53. The second-order valence-corrected chi connectivity index (χ2v) is 16.0. The summed E-state index contributed by atoms with van der Waals surface area (Å²) in [5.41, 5.74) is 15.2. The minimum Gasteiger partial charge on any atom is -0.455 e. The van der Waals surface area contributed by atoms with Gasteiger partial charge in [0.2, 0.25) is 0 Å². The number of aromatic nitrogens is 4. The van der Waals surface area contributed by atoms with Gasteiger partial charge in [0.05, 0.1) is 16.4 Å². The van der Waals surface area contributed by atoms with E-state index in [2.05, 4.69) is 140 Å². The van der Waals surface area contributed by atoms with E-state index in [1.807, 2.05) is 60.7 Å². The predicted molar refractivity (Wildman–Crippen MR) is 241 cm³/mol. The SMILES string of the molecule is CC1(C)c2ccccc2-c2c1ccc1c2oc2c1ccc1c2c2cc(-c3cccc(-c4nc(-c5ccccc5)nc(-c5ccccc5)n4)c3)ccc2n1-c1ccccc1. The Morgan fingerprint density at radius 1 is 0.424 bits per heavy atom. The van der Waals surface area contributed by atoms with Crippen molar-refractivity contribution in [2.24, 2.45) is 0 Å². The Morgan fingerprint density at radius 2 is 0.983 bits per heavy atom. The topological polar surface area (TPSA) is 56.7 Å². The van der Waals surface area contributed by atoms with Gasteiger partial charge in [-0.1, -0.05) is 153 Å². The Kier molecular flexibility index (Phi) is 7.20. The summed E-state index contributed by atoms with van der Waals surface area (Å²) in [5, 5.41) is 4.49. The monoisotopic (exact) mass is 756 g/mol. The van der Waals surface area contributed by atoms with Gasteiger partial charge in [0.15, 0.2) is 17.5 Å². The fraction of sp³-hybridized carbons (Fsp3) is 0.0556. The number of hydrogen-bond acceptors (Lipinski definition) is 4. The van der Waals surface area contributed by atoms with Gasteiger partial charge in [0, 0.05) is 49.5 Å². The van der Waals surface area contributed by atoms with Gasteiger partial charge < -0.3 is 8.98 Å². The molecule has 0 fully saturated rings. The van der Waals surface area contributed by atoms with Crippen molar-refractivity contribution >= 4 is 43.7 Å². The molecule has 5 heteroatoms. The lowest BCUT2D eigenvalue weighted by Gasteiger charge is -2.21. The molecule has 0 unspecified atom stereocenters. The Balaban J connectivity index is 1.07. The molecule has 3 heterocycles. The van der Waals surface area contributed by atoms with E-state index in [-0.39, 0.29) is 5.41 Å². The molecule has 0 atom stereocenters. The summed E-state index contributed by atoms with van der Waals surface area (Å²) in [6, 6.07) is 64.0. The highest BCUT2D eigenvalue weighted by atomic mass is 16.3. The zero-order valence-corrected chi connectivity index (χ0v) is 32.5. The molecule has 0 N–H and O–H groups in total. The number of hydrogen-bond donors (Lipinski definition) is 0. The third kappa shape index (κ3) is 5.08. The molecule has 1 aliphatic rings. The summed E-state index contributed by atoms with van der Waals surface area (Å²) in [4.78, 5) is 15.0. The minimum absolute atomic E-state index is 0.116. The second-order valence-electron chi connectivity index (χ2n) is 16.0. The van der Waals surface area contributed by atoms with Crippen LogP contribution in [0.15, 0.2) is 186 Å². The van der Waals surface area contributed by atoms with Crippen LogP contribution in [0, 0.1) is 0 Å². The summed E-state index contributed by atoms with van der Waals surface area (Å²) in [5.74, 6) is 1.91. The lowest BCUT2D eigenvalue weighted by molar-refractivity contribution is 0.654. The third-order valence-corrected chi connectivity index (χ3v) is 12.2. The zero-order chi connectivity index (χ0) is 39.2. The number of benzene rings is 8. The van der Waals surface area contributed by atoms with Crippen LogP contribution in [-0.4, -0.2) is 19.5 Å². The van der Waals surface area contributed by atoms with Crippen LogP contribution >= 0.6 is 0 Å². The van der Waals surface area contributed by atoms with E-state index in [9.17, 15) is 0 Å². The molecule has 11 aromatic rings. The first-order chi connectivity index (χ1) is 29.0. The first-order valence-corrected chi connectivity index (χ1v) is 20.1. The average molecular weight is 757 g/mol. The lowest BCUT2D eigenvalue weighted by Crippen LogP contribution is -2.14. The predicted octanol–water partition coefficient (Wildman–Crippen LogP) is 13.8. The molecule has 1 aliphatic carbocycles. The smallest absolute Gasteiger partial charge is 0.164 e. The molecule has 3 aromatic heterocycles. The van der Waals surface area contributed by atoms with Crippen molar-refractivity contribution in [3.8, 4) is 62.1 Å². The van der Waals surface area contributed by atoms with E-state index >= 15 is 0 Å². The van der Waals surface area contributed by atoms with Crippen LogP contribution in [0.25, 0.3) is 106 Å². The van der Waals surface area contributed by atoms with Crippen LogP contribution in [0.3, 0.4) is 0 Å². The van der Waals surface area contributed by atoms with Gasteiger partial charge in [-0.2, -0.15) is 0 Å². The molecule has 0 saturated carbocycles. The van der Waals surface area contributed by atoms with E-state index in [1.165, 1.54) is 22.3 Å². The summed E-state index contributed by atoms with van der Waals surface area (Å²) < 4.78 is 9.56. The maximum absolute atomic E-state index is 7.20. The van der Waals surface area contributed by atoms with Gasteiger partial charge in [0.25, 0.3) is 0 Å². The third-order valence-electron chi connectivity index (χ3n) is 12.2. The molecule has 0 spiro atoms. The quantitative estimate of drug-likeness (QED) is 0.175. The standard InChI is InChI=1S/C54H36N4O/c1-54(2)43-24-13-12-23-41(43)47-44(54)28-26-39-40-27-30-46-48(50(40)59-49(39)47)42-32-36(25-29-45(42)58(46)38-21-10-5-11-22-38)35-19-14-20-37(31-35)53-56-51(33-15-6-3-7-16-33)55-52(57-53)34-17-8-4-9-18-34/h3-32H,1-2H3. The van der Waals surface area contributed by atoms with E-state index in [1.54, 1.807) is 0 Å². The van der Waals surface area contributed by atoms with Gasteiger partial charge in [-0.15, -0.1) is 0 Å². The summed E-state index contributed by atoms with van der Waals surface area (Å²) in [6.07, 6.45) is 0. The first-order valence-electron chi connectivity index (χ1n) is 20.1. The molecular weight excluding hydrogens is 721 g/mol. The van der Waals surface area contributed by atoms with Crippen LogP contribution in [0.1, 0.15) is 25.0 Å². The van der Waals surface area contributed by atoms with E-state index in [4.69, 9.17) is 19.4 Å². The Bertz CT molecular complexity index is 3400. The Hall–Kier alpha value is -7.63. The molecule has 278 valence electrons. The molecule has 59 heavy (non-hydrogen) atoms. The maximum Gasteiger partial charge on any atom is 0.164 e. The second kappa shape index (κ2) is 12.7. The Labute approximate surface area is 340 Å². The van der Waals surface area contributed by atoms with Crippen molar-refractivity contribution in [2.75, 3.05) is 0 Å². The van der Waals surface area contributed by atoms with Crippen molar-refractivity contribution in [3.63, 3.8) is 0 Å². The van der Waals surface area contributed by atoms with Crippen molar-refractivity contribution in [1.29, 1.82) is 0 Å². The van der Waals surface area contributed by atoms with Gasteiger partial charge >= 0.3 is 0 Å². The van der Waals surface area contributed by atoms with Crippen molar-refractivity contribution in [3.05, 3.63) is 193 Å². The van der Waals surface area contributed by atoms with E-state index in [0.29, 0.717) is 17.5 Å². The van der Waals surface area contributed by atoms with Crippen molar-refractivity contribution in [2.45, 2.75) is 19.3 Å². The number of para-hydroxylation sites is 1. The zero-order valence-electron chi connectivity index (χ0n) is 32.5. The largest absolute Gasteiger partial charge is 0.455 e. The van der Waals surface area contributed by atoms with Gasteiger partial charge in [-0.25, -0.2) is 15.0 Å². The number of fused-ring (bicyclic) bond motifs is 11. The lowest BCUT2D eigenvalue weighted by atomic mass is 9.82. The molecule has 0 amide bonds. The average Bonchev–Trinajstić information content (AvgIpc) is 3.92. The number of furan rings is 1. The maximum atomic E-state index is 7.20. The molecule has 0 saturated heterocycles. The highest BCUT2D eigenvalue weighted by molar-refractivity contribution is 6.25. The minimum atomic E-state index is -0.116. The number of nitrogens with zero attached hydrogens (tertiary/aromatic N) is 4. The van der Waals surface area contributed by atoms with Gasteiger partial charge in [-0.3, -0.25) is 0 Å². The molecule has 8 aromatic carbocycles. The molecule has 12 rings (SSSR count). The van der Waals surface area contributed by atoms with Crippen molar-refractivity contribution in [1.82, 2.24) is 19.5 Å². The number of rotatable bonds is 5. The highest BCUT2D eigenvalue weighted by Gasteiger charge is 2.37. The summed E-state index contributed by atoms with van der Waals surface area (Å²) in [7, 11) is 0. The van der Waals surface area contributed by atoms with Gasteiger partial charge in [0.1, 0.15) is 11.2 Å². The molecule has 0 radical (unpaired) electrons. The van der Waals surface area contributed by atoms with Crippen molar-refractivity contribution < 1.29 is 4.42 Å². The van der Waals surface area contributed by atoms with Crippen LogP contribution in [-0.2, 0) is 5.41 Å². The molecule has 5 nitrogen and oxygen atoms in total. The van der Waals surface area contributed by atoms with Crippen LogP contribution in [0.4, 0.5) is 0 Å².